The predicted molar refractivity (Wildman–Crippen MR) is 85.6 cm³/mol. The third kappa shape index (κ3) is 5.83. The van der Waals surface area contributed by atoms with Crippen molar-refractivity contribution >= 4 is 0 Å². The van der Waals surface area contributed by atoms with Crippen LogP contribution in [0, 0.1) is 11.8 Å². The summed E-state index contributed by atoms with van der Waals surface area (Å²) in [5.74, 6) is 1.65. The quantitative estimate of drug-likeness (QED) is 0.813. The van der Waals surface area contributed by atoms with Crippen LogP contribution in [0.5, 0.6) is 0 Å². The summed E-state index contributed by atoms with van der Waals surface area (Å²) in [6.45, 7) is 15.0. The van der Waals surface area contributed by atoms with Gasteiger partial charge in [0.1, 0.15) is 0 Å². The van der Waals surface area contributed by atoms with Crippen LogP contribution in [0.2, 0.25) is 0 Å². The van der Waals surface area contributed by atoms with Gasteiger partial charge in [0.2, 0.25) is 0 Å². The molecule has 1 aliphatic carbocycles. The molecule has 1 aliphatic rings. The summed E-state index contributed by atoms with van der Waals surface area (Å²) in [5, 5.41) is 3.69. The highest BCUT2D eigenvalue weighted by Gasteiger charge is 2.28. The molecule has 0 radical (unpaired) electrons. The van der Waals surface area contributed by atoms with Crippen molar-refractivity contribution in [2.75, 3.05) is 13.6 Å². The van der Waals surface area contributed by atoms with E-state index >= 15 is 0 Å². The zero-order chi connectivity index (χ0) is 14.6. The fourth-order valence-corrected chi connectivity index (χ4v) is 3.18. The molecule has 0 amide bonds. The summed E-state index contributed by atoms with van der Waals surface area (Å²) in [6.07, 6.45) is 5.59. The Labute approximate surface area is 121 Å². The zero-order valence-electron chi connectivity index (χ0n) is 14.3. The number of rotatable bonds is 5. The van der Waals surface area contributed by atoms with E-state index in [4.69, 9.17) is 0 Å². The van der Waals surface area contributed by atoms with Crippen LogP contribution < -0.4 is 5.32 Å². The maximum atomic E-state index is 3.69. The maximum absolute atomic E-state index is 3.69. The third-order valence-electron chi connectivity index (χ3n) is 4.70. The van der Waals surface area contributed by atoms with Crippen LogP contribution in [0.1, 0.15) is 67.2 Å². The van der Waals surface area contributed by atoms with Crippen molar-refractivity contribution in [3.8, 4) is 0 Å². The van der Waals surface area contributed by atoms with Crippen LogP contribution >= 0.6 is 0 Å². The summed E-state index contributed by atoms with van der Waals surface area (Å²) >= 11 is 0. The van der Waals surface area contributed by atoms with Crippen molar-refractivity contribution in [2.24, 2.45) is 11.8 Å². The summed E-state index contributed by atoms with van der Waals surface area (Å²) < 4.78 is 0. The van der Waals surface area contributed by atoms with Gasteiger partial charge < -0.3 is 5.32 Å². The Morgan fingerprint density at radius 2 is 1.63 bits per heavy atom. The second-order valence-corrected chi connectivity index (χ2v) is 8.02. The molecule has 1 saturated carbocycles. The van der Waals surface area contributed by atoms with Crippen LogP contribution in [-0.2, 0) is 0 Å². The van der Waals surface area contributed by atoms with E-state index in [9.17, 15) is 0 Å². The largest absolute Gasteiger partial charge is 0.311 e. The standard InChI is InChI=1S/C17H36N2/c1-13(2)16(12-18-17(4,5)6)19(7)15-10-8-14(3)9-11-15/h13-16,18H,8-12H2,1-7H3. The second kappa shape index (κ2) is 7.08. The molecule has 0 aromatic heterocycles. The molecule has 0 aromatic carbocycles. The highest BCUT2D eigenvalue weighted by Crippen LogP contribution is 2.28. The SMILES string of the molecule is CC1CCC(N(C)C(CNC(C)(C)C)C(C)C)CC1. The van der Waals surface area contributed by atoms with Gasteiger partial charge >= 0.3 is 0 Å². The maximum Gasteiger partial charge on any atom is 0.0243 e. The second-order valence-electron chi connectivity index (χ2n) is 8.02. The molecule has 1 fully saturated rings. The van der Waals surface area contributed by atoms with Gasteiger partial charge in [0.15, 0.2) is 0 Å². The van der Waals surface area contributed by atoms with Crippen molar-refractivity contribution in [2.45, 2.75) is 84.8 Å². The lowest BCUT2D eigenvalue weighted by molar-refractivity contribution is 0.0921. The van der Waals surface area contributed by atoms with E-state index in [1.54, 1.807) is 0 Å². The Morgan fingerprint density at radius 1 is 1.11 bits per heavy atom. The minimum atomic E-state index is 0.217. The van der Waals surface area contributed by atoms with E-state index < -0.39 is 0 Å². The van der Waals surface area contributed by atoms with Gasteiger partial charge in [-0.15, -0.1) is 0 Å². The van der Waals surface area contributed by atoms with Crippen molar-refractivity contribution in [3.05, 3.63) is 0 Å². The first kappa shape index (κ1) is 17.0. The summed E-state index contributed by atoms with van der Waals surface area (Å²) in [7, 11) is 2.34. The molecule has 19 heavy (non-hydrogen) atoms. The van der Waals surface area contributed by atoms with E-state index in [0.29, 0.717) is 12.0 Å². The molecule has 0 bridgehead atoms. The summed E-state index contributed by atoms with van der Waals surface area (Å²) in [5.41, 5.74) is 0.217. The van der Waals surface area contributed by atoms with E-state index in [1.165, 1.54) is 25.7 Å². The summed E-state index contributed by atoms with van der Waals surface area (Å²) in [6, 6.07) is 1.45. The molecule has 1 N–H and O–H groups in total. The fraction of sp³-hybridized carbons (Fsp3) is 1.00. The van der Waals surface area contributed by atoms with Gasteiger partial charge in [-0.05, 0) is 65.3 Å². The van der Waals surface area contributed by atoms with Gasteiger partial charge in [-0.25, -0.2) is 0 Å². The van der Waals surface area contributed by atoms with Gasteiger partial charge in [0, 0.05) is 24.2 Å². The Hall–Kier alpha value is -0.0800. The third-order valence-corrected chi connectivity index (χ3v) is 4.70. The lowest BCUT2D eigenvalue weighted by atomic mass is 9.85. The average molecular weight is 268 g/mol. The van der Waals surface area contributed by atoms with Crippen molar-refractivity contribution in [3.63, 3.8) is 0 Å². The number of nitrogens with one attached hydrogen (secondary N) is 1. The minimum absolute atomic E-state index is 0.217. The van der Waals surface area contributed by atoms with Crippen LogP contribution in [0.25, 0.3) is 0 Å². The molecule has 0 aromatic rings. The van der Waals surface area contributed by atoms with Crippen molar-refractivity contribution in [1.82, 2.24) is 10.2 Å². The Kier molecular flexibility index (Phi) is 6.32. The van der Waals surface area contributed by atoms with E-state index in [-0.39, 0.29) is 5.54 Å². The lowest BCUT2D eigenvalue weighted by Crippen LogP contribution is -2.52. The van der Waals surface area contributed by atoms with Gasteiger partial charge in [0.25, 0.3) is 0 Å². The highest BCUT2D eigenvalue weighted by atomic mass is 15.2. The van der Waals surface area contributed by atoms with E-state index in [2.05, 4.69) is 58.8 Å². The number of hydrogen-bond acceptors (Lipinski definition) is 2. The van der Waals surface area contributed by atoms with Crippen LogP contribution in [0.4, 0.5) is 0 Å². The Bertz CT molecular complexity index is 246. The summed E-state index contributed by atoms with van der Waals surface area (Å²) in [4.78, 5) is 2.66. The topological polar surface area (TPSA) is 15.3 Å². The first-order chi connectivity index (χ1) is 8.70. The molecular formula is C17H36N2. The van der Waals surface area contributed by atoms with E-state index in [1.807, 2.05) is 0 Å². The van der Waals surface area contributed by atoms with Crippen LogP contribution in [0.3, 0.4) is 0 Å². The monoisotopic (exact) mass is 268 g/mol. The highest BCUT2D eigenvalue weighted by molar-refractivity contribution is 4.85. The molecule has 1 rings (SSSR count). The van der Waals surface area contributed by atoms with Gasteiger partial charge in [0.05, 0.1) is 0 Å². The lowest BCUT2D eigenvalue weighted by Gasteiger charge is -2.41. The van der Waals surface area contributed by atoms with E-state index in [0.717, 1.165) is 18.5 Å². The number of likely N-dealkylation sites (N-methyl/N-ethyl adjacent to an activating group) is 1. The normalized spacial score (nSPS) is 27.0. The molecule has 0 saturated heterocycles. The van der Waals surface area contributed by atoms with Gasteiger partial charge in [-0.2, -0.15) is 0 Å². The molecule has 0 spiro atoms. The number of nitrogens with zero attached hydrogens (tertiary/aromatic N) is 1. The Balaban J connectivity index is 2.55. The zero-order valence-corrected chi connectivity index (χ0v) is 14.3. The molecule has 2 nitrogen and oxygen atoms in total. The fourth-order valence-electron chi connectivity index (χ4n) is 3.18. The molecule has 114 valence electrons. The first-order valence-corrected chi connectivity index (χ1v) is 8.17. The smallest absolute Gasteiger partial charge is 0.0243 e. The minimum Gasteiger partial charge on any atom is -0.311 e. The first-order valence-electron chi connectivity index (χ1n) is 8.17. The van der Waals surface area contributed by atoms with Crippen molar-refractivity contribution in [1.29, 1.82) is 0 Å². The number of hydrogen-bond donors (Lipinski definition) is 1. The average Bonchev–Trinajstić information content (AvgIpc) is 2.27. The molecule has 0 aliphatic heterocycles. The van der Waals surface area contributed by atoms with Crippen molar-refractivity contribution < 1.29 is 0 Å². The molecule has 1 unspecified atom stereocenters. The molecular weight excluding hydrogens is 232 g/mol. The van der Waals surface area contributed by atoms with Crippen LogP contribution in [0.15, 0.2) is 0 Å². The van der Waals surface area contributed by atoms with Gasteiger partial charge in [-0.3, -0.25) is 4.90 Å². The predicted octanol–water partition coefficient (Wildman–Crippen LogP) is 3.91. The molecule has 2 heteroatoms. The molecule has 1 atom stereocenters. The molecule has 0 heterocycles. The van der Waals surface area contributed by atoms with Gasteiger partial charge in [-0.1, -0.05) is 20.8 Å². The Morgan fingerprint density at radius 3 is 2.05 bits per heavy atom. The van der Waals surface area contributed by atoms with Crippen LogP contribution in [-0.4, -0.2) is 36.1 Å².